The Bertz CT molecular complexity index is 899. The first-order valence-electron chi connectivity index (χ1n) is 9.52. The lowest BCUT2D eigenvalue weighted by Gasteiger charge is -2.22. The number of anilines is 1. The van der Waals surface area contributed by atoms with Crippen LogP contribution in [-0.2, 0) is 15.7 Å². The molecule has 2 aliphatic rings. The zero-order chi connectivity index (χ0) is 21.2. The van der Waals surface area contributed by atoms with Gasteiger partial charge in [0.1, 0.15) is 5.69 Å². The molecule has 1 spiro atoms. The van der Waals surface area contributed by atoms with Gasteiger partial charge < -0.3 is 20.1 Å². The van der Waals surface area contributed by atoms with Crippen LogP contribution in [-0.4, -0.2) is 60.5 Å². The number of rotatable bonds is 5. The topological polar surface area (TPSA) is 75.7 Å². The Kier molecular flexibility index (Phi) is 5.96. The van der Waals surface area contributed by atoms with Crippen LogP contribution in [0.4, 0.5) is 23.7 Å². The predicted octanol–water partition coefficient (Wildman–Crippen LogP) is 3.40. The summed E-state index contributed by atoms with van der Waals surface area (Å²) in [7, 11) is 0. The number of hydrogen-bond acceptors (Lipinski definition) is 6. The van der Waals surface area contributed by atoms with E-state index in [0.717, 1.165) is 36.6 Å². The maximum Gasteiger partial charge on any atom is 0.416 e. The Balaban J connectivity index is 1.30. The van der Waals surface area contributed by atoms with Crippen LogP contribution in [0.15, 0.2) is 29.6 Å². The Morgan fingerprint density at radius 1 is 1.30 bits per heavy atom. The summed E-state index contributed by atoms with van der Waals surface area (Å²) >= 11 is 1.06. The molecule has 1 aromatic carbocycles. The fourth-order valence-corrected chi connectivity index (χ4v) is 4.26. The summed E-state index contributed by atoms with van der Waals surface area (Å²) in [5, 5.41) is 7.03. The number of carbonyl (C=O) groups is 1. The number of benzene rings is 1. The number of hydrogen-bond donors (Lipinski definition) is 2. The van der Waals surface area contributed by atoms with Gasteiger partial charge in [-0.05, 0) is 23.7 Å². The summed E-state index contributed by atoms with van der Waals surface area (Å²) in [4.78, 5) is 14.4. The van der Waals surface area contributed by atoms with Crippen molar-refractivity contribution in [2.75, 3.05) is 44.7 Å². The Morgan fingerprint density at radius 3 is 2.87 bits per heavy atom. The van der Waals surface area contributed by atoms with Gasteiger partial charge in [-0.1, -0.05) is 12.1 Å². The van der Waals surface area contributed by atoms with Gasteiger partial charge >= 0.3 is 12.2 Å². The monoisotopic (exact) mass is 442 g/mol. The van der Waals surface area contributed by atoms with E-state index in [4.69, 9.17) is 9.47 Å². The van der Waals surface area contributed by atoms with Crippen molar-refractivity contribution in [3.63, 3.8) is 0 Å². The highest BCUT2D eigenvalue weighted by Gasteiger charge is 2.42. The van der Waals surface area contributed by atoms with Crippen LogP contribution in [0.1, 0.15) is 12.0 Å². The average molecular weight is 442 g/mol. The summed E-state index contributed by atoms with van der Waals surface area (Å²) in [5.41, 5.74) is 0.199. The number of amides is 2. The molecule has 0 bridgehead atoms. The van der Waals surface area contributed by atoms with Gasteiger partial charge in [-0.25, -0.2) is 4.79 Å². The number of nitrogens with one attached hydrogen (secondary N) is 2. The molecule has 30 heavy (non-hydrogen) atoms. The van der Waals surface area contributed by atoms with Crippen LogP contribution in [0.5, 0.6) is 0 Å². The normalized spacial score (nSPS) is 18.8. The maximum atomic E-state index is 13.0. The van der Waals surface area contributed by atoms with Crippen molar-refractivity contribution in [1.82, 2.24) is 14.6 Å². The van der Waals surface area contributed by atoms with Crippen LogP contribution in [0, 0.1) is 0 Å². The highest BCUT2D eigenvalue weighted by molar-refractivity contribution is 7.04. The SMILES string of the molecule is O=C(NCCN1CCC2(C1)OCCO2)Nc1csnc1-c1cccc(C(F)(F)F)c1. The van der Waals surface area contributed by atoms with Crippen molar-refractivity contribution in [2.45, 2.75) is 18.4 Å². The number of halogens is 3. The van der Waals surface area contributed by atoms with E-state index in [1.54, 1.807) is 5.38 Å². The molecule has 3 heterocycles. The molecule has 0 unspecified atom stereocenters. The minimum atomic E-state index is -4.44. The molecule has 2 amide bonds. The van der Waals surface area contributed by atoms with Gasteiger partial charge in [-0.3, -0.25) is 4.90 Å². The third kappa shape index (κ3) is 4.75. The van der Waals surface area contributed by atoms with E-state index in [1.807, 2.05) is 0 Å². The van der Waals surface area contributed by atoms with Gasteiger partial charge in [0.15, 0.2) is 5.79 Å². The molecule has 1 aromatic heterocycles. The largest absolute Gasteiger partial charge is 0.416 e. The molecule has 0 atom stereocenters. The van der Waals surface area contributed by atoms with E-state index in [1.165, 1.54) is 12.1 Å². The fourth-order valence-electron chi connectivity index (χ4n) is 3.62. The predicted molar refractivity (Wildman–Crippen MR) is 105 cm³/mol. The van der Waals surface area contributed by atoms with Gasteiger partial charge in [0, 0.05) is 37.0 Å². The van der Waals surface area contributed by atoms with Crippen LogP contribution < -0.4 is 10.6 Å². The molecule has 2 aliphatic heterocycles. The van der Waals surface area contributed by atoms with Gasteiger partial charge in [-0.2, -0.15) is 17.5 Å². The molecule has 162 valence electrons. The number of urea groups is 1. The number of nitrogens with zero attached hydrogens (tertiary/aromatic N) is 2. The van der Waals surface area contributed by atoms with Crippen molar-refractivity contribution in [3.05, 3.63) is 35.2 Å². The maximum absolute atomic E-state index is 13.0. The zero-order valence-corrected chi connectivity index (χ0v) is 16.8. The molecular formula is C19H21F3N4O3S. The third-order valence-electron chi connectivity index (χ3n) is 5.08. The van der Waals surface area contributed by atoms with Gasteiger partial charge in [-0.15, -0.1) is 0 Å². The van der Waals surface area contributed by atoms with Crippen molar-refractivity contribution in [2.24, 2.45) is 0 Å². The Labute approximate surface area is 175 Å². The Morgan fingerprint density at radius 2 is 2.10 bits per heavy atom. The molecule has 0 aliphatic carbocycles. The minimum Gasteiger partial charge on any atom is -0.346 e. The molecule has 0 radical (unpaired) electrons. The fraction of sp³-hybridized carbons (Fsp3) is 0.474. The number of likely N-dealkylation sites (tertiary alicyclic amines) is 1. The summed E-state index contributed by atoms with van der Waals surface area (Å²) in [6.45, 7) is 3.78. The zero-order valence-electron chi connectivity index (χ0n) is 16.0. The molecule has 7 nitrogen and oxygen atoms in total. The first-order chi connectivity index (χ1) is 14.3. The third-order valence-corrected chi connectivity index (χ3v) is 5.71. The first-order valence-corrected chi connectivity index (χ1v) is 10.4. The first kappa shape index (κ1) is 21.0. The lowest BCUT2D eigenvalue weighted by Crippen LogP contribution is -2.39. The lowest BCUT2D eigenvalue weighted by molar-refractivity contribution is -0.145. The number of alkyl halides is 3. The minimum absolute atomic E-state index is 0.292. The van der Waals surface area contributed by atoms with Crippen molar-refractivity contribution < 1.29 is 27.4 Å². The van der Waals surface area contributed by atoms with E-state index in [9.17, 15) is 18.0 Å². The molecular weight excluding hydrogens is 421 g/mol. The number of aromatic nitrogens is 1. The quantitative estimate of drug-likeness (QED) is 0.743. The van der Waals surface area contributed by atoms with Crippen molar-refractivity contribution in [3.8, 4) is 11.3 Å². The van der Waals surface area contributed by atoms with Crippen molar-refractivity contribution >= 4 is 23.3 Å². The highest BCUT2D eigenvalue weighted by atomic mass is 32.1. The van der Waals surface area contributed by atoms with Crippen molar-refractivity contribution in [1.29, 1.82) is 0 Å². The van der Waals surface area contributed by atoms with Crippen LogP contribution in [0.25, 0.3) is 11.3 Å². The number of ether oxygens (including phenoxy) is 2. The molecule has 2 N–H and O–H groups in total. The molecule has 2 saturated heterocycles. The van der Waals surface area contributed by atoms with E-state index < -0.39 is 23.6 Å². The van der Waals surface area contributed by atoms with Crippen LogP contribution in [0.3, 0.4) is 0 Å². The smallest absolute Gasteiger partial charge is 0.346 e. The number of carbonyl (C=O) groups excluding carboxylic acids is 1. The molecule has 2 aromatic rings. The second-order valence-electron chi connectivity index (χ2n) is 7.17. The molecule has 4 rings (SSSR count). The van der Waals surface area contributed by atoms with Crippen LogP contribution in [0.2, 0.25) is 0 Å². The van der Waals surface area contributed by atoms with Gasteiger partial charge in [0.2, 0.25) is 0 Å². The summed E-state index contributed by atoms with van der Waals surface area (Å²) in [6, 6.07) is 4.44. The average Bonchev–Trinajstić information content (AvgIpc) is 3.44. The van der Waals surface area contributed by atoms with E-state index in [-0.39, 0.29) is 0 Å². The highest BCUT2D eigenvalue weighted by Crippen LogP contribution is 2.34. The summed E-state index contributed by atoms with van der Waals surface area (Å²) in [5.74, 6) is -0.496. The second kappa shape index (κ2) is 8.50. The lowest BCUT2D eigenvalue weighted by atomic mass is 10.1. The molecule has 2 fully saturated rings. The molecule has 0 saturated carbocycles. The summed E-state index contributed by atoms with van der Waals surface area (Å²) < 4.78 is 54.4. The van der Waals surface area contributed by atoms with E-state index in [0.29, 0.717) is 49.8 Å². The van der Waals surface area contributed by atoms with Gasteiger partial charge in [0.05, 0.1) is 31.0 Å². The van der Waals surface area contributed by atoms with E-state index in [2.05, 4.69) is 19.9 Å². The van der Waals surface area contributed by atoms with E-state index >= 15 is 0 Å². The Hall–Kier alpha value is -2.21. The molecule has 11 heteroatoms. The van der Waals surface area contributed by atoms with Gasteiger partial charge in [0.25, 0.3) is 0 Å². The second-order valence-corrected chi connectivity index (χ2v) is 7.80. The standard InChI is InChI=1S/C19H21F3N4O3S/c20-19(21,22)14-3-1-2-13(10-14)16-15(11-30-25-16)24-17(27)23-5-7-26-6-4-18(12-26)28-8-9-29-18/h1-3,10-11H,4-9,12H2,(H2,23,24,27). The summed E-state index contributed by atoms with van der Waals surface area (Å²) in [6.07, 6.45) is -3.64. The van der Waals surface area contributed by atoms with Crippen LogP contribution >= 0.6 is 11.5 Å².